The summed E-state index contributed by atoms with van der Waals surface area (Å²) in [5.41, 5.74) is -0.0151. The molecule has 0 bridgehead atoms. The van der Waals surface area contributed by atoms with Crippen LogP contribution in [0, 0.1) is 11.7 Å². The van der Waals surface area contributed by atoms with Crippen molar-refractivity contribution in [3.8, 4) is 0 Å². The monoisotopic (exact) mass is 424 g/mol. The summed E-state index contributed by atoms with van der Waals surface area (Å²) in [6, 6.07) is 5.78. The summed E-state index contributed by atoms with van der Waals surface area (Å²) in [5, 5.41) is 0. The zero-order valence-electron chi connectivity index (χ0n) is 16.2. The maximum Gasteiger partial charge on any atom is 0.256 e. The summed E-state index contributed by atoms with van der Waals surface area (Å²) < 4.78 is 44.1. The Hall–Kier alpha value is -2.00. The highest BCUT2D eigenvalue weighted by Gasteiger charge is 2.59. The van der Waals surface area contributed by atoms with E-state index in [1.807, 2.05) is 0 Å². The summed E-state index contributed by atoms with van der Waals surface area (Å²) in [4.78, 5) is 29.0. The van der Waals surface area contributed by atoms with E-state index < -0.39 is 32.2 Å². The maximum absolute atomic E-state index is 14.0. The third-order valence-electron chi connectivity index (χ3n) is 6.55. The van der Waals surface area contributed by atoms with Gasteiger partial charge in [0.1, 0.15) is 5.82 Å². The Morgan fingerprint density at radius 2 is 1.69 bits per heavy atom. The smallest absolute Gasteiger partial charge is 0.256 e. The maximum atomic E-state index is 14.0. The summed E-state index contributed by atoms with van der Waals surface area (Å²) in [6.45, 7) is 2.26. The second-order valence-electron chi connectivity index (χ2n) is 7.93. The molecule has 0 radical (unpaired) electrons. The highest BCUT2D eigenvalue weighted by atomic mass is 32.2. The Morgan fingerprint density at radius 3 is 2.34 bits per heavy atom. The Balaban J connectivity index is 1.53. The number of nitrogens with zero attached hydrogens (tertiary/aromatic N) is 2. The third-order valence-corrected chi connectivity index (χ3v) is 9.26. The van der Waals surface area contributed by atoms with E-state index >= 15 is 0 Å². The Labute approximate surface area is 169 Å². The van der Waals surface area contributed by atoms with E-state index in [9.17, 15) is 22.4 Å². The summed E-state index contributed by atoms with van der Waals surface area (Å²) in [6.07, 6.45) is 0.729. The van der Waals surface area contributed by atoms with Gasteiger partial charge in [0.25, 0.3) is 5.91 Å². The van der Waals surface area contributed by atoms with Crippen LogP contribution < -0.4 is 0 Å². The van der Waals surface area contributed by atoms with Crippen molar-refractivity contribution in [2.45, 2.75) is 24.0 Å². The molecule has 29 heavy (non-hydrogen) atoms. The van der Waals surface area contributed by atoms with E-state index in [2.05, 4.69) is 0 Å². The number of piperidine rings is 1. The standard InChI is InChI=1S/C20H25FN2O5S/c21-17-4-2-1-3-15(17)18(24)22-8-6-20(7-9-22)16(5-14-29(20,26)27)19(25)23-10-12-28-13-11-23/h1-4,16H,5-14H2. The van der Waals surface area contributed by atoms with E-state index in [1.54, 1.807) is 11.0 Å². The number of amides is 2. The molecular weight excluding hydrogens is 399 g/mol. The molecule has 3 fully saturated rings. The third kappa shape index (κ3) is 3.44. The van der Waals surface area contributed by atoms with Gasteiger partial charge in [0.15, 0.2) is 9.84 Å². The molecule has 3 saturated heterocycles. The van der Waals surface area contributed by atoms with Crippen LogP contribution in [0.5, 0.6) is 0 Å². The van der Waals surface area contributed by atoms with Crippen molar-refractivity contribution in [3.63, 3.8) is 0 Å². The van der Waals surface area contributed by atoms with Gasteiger partial charge in [-0.05, 0) is 31.4 Å². The first kappa shape index (κ1) is 20.3. The number of benzene rings is 1. The molecule has 4 rings (SSSR count). The van der Waals surface area contributed by atoms with Gasteiger partial charge in [-0.1, -0.05) is 12.1 Å². The Kier molecular flexibility index (Phi) is 5.37. The van der Waals surface area contributed by atoms with Gasteiger partial charge in [0.2, 0.25) is 5.91 Å². The van der Waals surface area contributed by atoms with Crippen LogP contribution in [0.1, 0.15) is 29.6 Å². The quantitative estimate of drug-likeness (QED) is 0.710. The van der Waals surface area contributed by atoms with Crippen LogP contribution in [0.3, 0.4) is 0 Å². The number of rotatable bonds is 2. The average Bonchev–Trinajstić information content (AvgIpc) is 2.99. The van der Waals surface area contributed by atoms with Gasteiger partial charge in [-0.3, -0.25) is 9.59 Å². The number of hydrogen-bond acceptors (Lipinski definition) is 5. The zero-order valence-corrected chi connectivity index (χ0v) is 17.0. The molecule has 7 nitrogen and oxygen atoms in total. The van der Waals surface area contributed by atoms with Crippen molar-refractivity contribution in [2.24, 2.45) is 5.92 Å². The predicted molar refractivity (Wildman–Crippen MR) is 104 cm³/mol. The molecule has 158 valence electrons. The van der Waals surface area contributed by atoms with Gasteiger partial charge < -0.3 is 14.5 Å². The topological polar surface area (TPSA) is 84.0 Å². The number of hydrogen-bond donors (Lipinski definition) is 0. The lowest BCUT2D eigenvalue weighted by Crippen LogP contribution is -2.56. The van der Waals surface area contributed by atoms with E-state index in [4.69, 9.17) is 4.74 Å². The minimum atomic E-state index is -3.46. The van der Waals surface area contributed by atoms with Gasteiger partial charge in [-0.15, -0.1) is 0 Å². The molecule has 1 aromatic rings. The van der Waals surface area contributed by atoms with Crippen LogP contribution in [-0.4, -0.2) is 79.9 Å². The van der Waals surface area contributed by atoms with Crippen molar-refractivity contribution in [2.75, 3.05) is 45.1 Å². The van der Waals surface area contributed by atoms with Crippen molar-refractivity contribution in [3.05, 3.63) is 35.6 Å². The number of carbonyl (C=O) groups excluding carboxylic acids is 2. The molecular formula is C20H25FN2O5S. The molecule has 0 saturated carbocycles. The average molecular weight is 424 g/mol. The molecule has 1 unspecified atom stereocenters. The van der Waals surface area contributed by atoms with Gasteiger partial charge in [0.05, 0.1) is 35.2 Å². The van der Waals surface area contributed by atoms with Gasteiger partial charge in [-0.25, -0.2) is 12.8 Å². The molecule has 1 atom stereocenters. The van der Waals surface area contributed by atoms with Crippen molar-refractivity contribution in [1.82, 2.24) is 9.80 Å². The first-order valence-electron chi connectivity index (χ1n) is 9.98. The zero-order chi connectivity index (χ0) is 20.6. The van der Waals surface area contributed by atoms with Gasteiger partial charge in [-0.2, -0.15) is 0 Å². The molecule has 3 aliphatic rings. The fraction of sp³-hybridized carbons (Fsp3) is 0.600. The highest BCUT2D eigenvalue weighted by molar-refractivity contribution is 7.93. The highest BCUT2D eigenvalue weighted by Crippen LogP contribution is 2.46. The van der Waals surface area contributed by atoms with E-state index in [1.165, 1.54) is 23.1 Å². The lowest BCUT2D eigenvalue weighted by Gasteiger charge is -2.42. The van der Waals surface area contributed by atoms with Crippen LogP contribution in [0.2, 0.25) is 0 Å². The molecule has 3 heterocycles. The SMILES string of the molecule is O=C(c1ccccc1F)N1CCC2(CC1)C(C(=O)N1CCOCC1)CCS2(=O)=O. The van der Waals surface area contributed by atoms with Crippen LogP contribution in [-0.2, 0) is 19.4 Å². The van der Waals surface area contributed by atoms with Gasteiger partial charge in [0, 0.05) is 26.2 Å². The molecule has 9 heteroatoms. The molecule has 0 N–H and O–H groups in total. The van der Waals surface area contributed by atoms with Crippen LogP contribution in [0.25, 0.3) is 0 Å². The Morgan fingerprint density at radius 1 is 1.03 bits per heavy atom. The fourth-order valence-corrected chi connectivity index (χ4v) is 7.27. The molecule has 0 aliphatic carbocycles. The number of morpholine rings is 1. The molecule has 1 spiro atoms. The number of sulfone groups is 1. The van der Waals surface area contributed by atoms with Crippen molar-refractivity contribution >= 4 is 21.7 Å². The van der Waals surface area contributed by atoms with Crippen LogP contribution >= 0.6 is 0 Å². The number of likely N-dealkylation sites (tertiary alicyclic amines) is 1. The Bertz CT molecular complexity index is 905. The number of carbonyl (C=O) groups is 2. The normalized spacial score (nSPS) is 25.9. The first-order chi connectivity index (χ1) is 13.9. The van der Waals surface area contributed by atoms with E-state index in [0.29, 0.717) is 32.7 Å². The lowest BCUT2D eigenvalue weighted by atomic mass is 9.81. The van der Waals surface area contributed by atoms with Crippen LogP contribution in [0.4, 0.5) is 4.39 Å². The minimum Gasteiger partial charge on any atom is -0.378 e. The minimum absolute atomic E-state index is 0.00495. The van der Waals surface area contributed by atoms with Crippen LogP contribution in [0.15, 0.2) is 24.3 Å². The van der Waals surface area contributed by atoms with Gasteiger partial charge >= 0.3 is 0 Å². The fourth-order valence-electron chi connectivity index (χ4n) is 4.86. The summed E-state index contributed by atoms with van der Waals surface area (Å²) in [7, 11) is -3.46. The van der Waals surface area contributed by atoms with E-state index in [0.717, 1.165) is 0 Å². The molecule has 2 amide bonds. The lowest BCUT2D eigenvalue weighted by molar-refractivity contribution is -0.141. The van der Waals surface area contributed by atoms with Crippen molar-refractivity contribution < 1.29 is 27.1 Å². The molecule has 3 aliphatic heterocycles. The molecule has 0 aromatic heterocycles. The largest absolute Gasteiger partial charge is 0.378 e. The van der Waals surface area contributed by atoms with Crippen molar-refractivity contribution in [1.29, 1.82) is 0 Å². The summed E-state index contributed by atoms with van der Waals surface area (Å²) >= 11 is 0. The van der Waals surface area contributed by atoms with E-state index in [-0.39, 0.29) is 43.2 Å². The second kappa shape index (κ2) is 7.68. The molecule has 1 aromatic carbocycles. The second-order valence-corrected chi connectivity index (χ2v) is 10.4. The number of halogens is 1. The number of ether oxygens (including phenoxy) is 1. The predicted octanol–water partition coefficient (Wildman–Crippen LogP) is 1.09. The first-order valence-corrected chi connectivity index (χ1v) is 11.6. The summed E-state index contributed by atoms with van der Waals surface area (Å²) in [5.74, 6) is -1.75.